The molecule has 2 amide bonds. The van der Waals surface area contributed by atoms with Crippen molar-refractivity contribution in [1.82, 2.24) is 4.90 Å². The van der Waals surface area contributed by atoms with Crippen LogP contribution in [0.15, 0.2) is 43.0 Å². The van der Waals surface area contributed by atoms with E-state index in [-0.39, 0.29) is 17.9 Å². The molecule has 1 fully saturated rings. The Labute approximate surface area is 138 Å². The molecule has 4 heteroatoms. The van der Waals surface area contributed by atoms with Crippen LogP contribution in [0.25, 0.3) is 0 Å². The fourth-order valence-electron chi connectivity index (χ4n) is 3.11. The van der Waals surface area contributed by atoms with Gasteiger partial charge in [0.15, 0.2) is 0 Å². The second-order valence-corrected chi connectivity index (χ2v) is 6.51. The molecule has 1 saturated heterocycles. The number of amides is 2. The van der Waals surface area contributed by atoms with Gasteiger partial charge in [0.25, 0.3) is 0 Å². The van der Waals surface area contributed by atoms with Crippen molar-refractivity contribution >= 4 is 12.0 Å². The summed E-state index contributed by atoms with van der Waals surface area (Å²) in [5.74, 6) is -0.00527. The zero-order valence-corrected chi connectivity index (χ0v) is 14.1. The highest BCUT2D eigenvalue weighted by Gasteiger charge is 2.44. The highest BCUT2D eigenvalue weighted by molar-refractivity contribution is 5.95. The quantitative estimate of drug-likeness (QED) is 0.734. The fraction of sp³-hybridized carbons (Fsp3) is 0.474. The number of cyclic esters (lactones) is 1. The van der Waals surface area contributed by atoms with E-state index >= 15 is 0 Å². The van der Waals surface area contributed by atoms with Crippen LogP contribution in [0.3, 0.4) is 0 Å². The Kier molecular flexibility index (Phi) is 5.59. The number of nitrogens with zero attached hydrogens (tertiary/aromatic N) is 1. The predicted molar refractivity (Wildman–Crippen MR) is 89.7 cm³/mol. The van der Waals surface area contributed by atoms with Crippen molar-refractivity contribution in [2.75, 3.05) is 0 Å². The van der Waals surface area contributed by atoms with E-state index in [0.717, 1.165) is 12.0 Å². The molecule has 0 N–H and O–H groups in total. The second kappa shape index (κ2) is 7.44. The number of imide groups is 1. The van der Waals surface area contributed by atoms with Gasteiger partial charge in [-0.2, -0.15) is 0 Å². The number of hydrogen-bond donors (Lipinski definition) is 0. The molecule has 2 rings (SSSR count). The Hall–Kier alpha value is -2.10. The van der Waals surface area contributed by atoms with Crippen molar-refractivity contribution in [2.24, 2.45) is 11.8 Å². The SMILES string of the molecule is C=CCC(CC(C)C)C(=O)N1C(=O)O[C@@H](c2ccccc2)[C@H]1C. The van der Waals surface area contributed by atoms with Crippen molar-refractivity contribution in [3.8, 4) is 0 Å². The molecule has 1 aromatic rings. The lowest BCUT2D eigenvalue weighted by Gasteiger charge is -2.24. The molecule has 0 radical (unpaired) electrons. The van der Waals surface area contributed by atoms with E-state index in [9.17, 15) is 9.59 Å². The fourth-order valence-corrected chi connectivity index (χ4v) is 3.11. The van der Waals surface area contributed by atoms with Crippen LogP contribution in [0.4, 0.5) is 4.79 Å². The lowest BCUT2D eigenvalue weighted by Crippen LogP contribution is -2.42. The molecule has 3 atom stereocenters. The Bertz CT molecular complexity index is 567. The van der Waals surface area contributed by atoms with Crippen LogP contribution in [-0.2, 0) is 9.53 Å². The standard InChI is InChI=1S/C19H25NO3/c1-5-9-16(12-13(2)3)18(21)20-14(4)17(23-19(20)22)15-10-7-6-8-11-15/h5-8,10-11,13-14,16-17H,1,9,12H2,2-4H3/t14-,16?,17-/m1/s1. The summed E-state index contributed by atoms with van der Waals surface area (Å²) in [7, 11) is 0. The first-order valence-corrected chi connectivity index (χ1v) is 8.15. The number of carbonyl (C=O) groups is 2. The number of hydrogen-bond acceptors (Lipinski definition) is 3. The van der Waals surface area contributed by atoms with Gasteiger partial charge in [-0.3, -0.25) is 4.79 Å². The van der Waals surface area contributed by atoms with Crippen LogP contribution < -0.4 is 0 Å². The summed E-state index contributed by atoms with van der Waals surface area (Å²) in [4.78, 5) is 26.4. The maximum Gasteiger partial charge on any atom is 0.417 e. The van der Waals surface area contributed by atoms with Crippen molar-refractivity contribution in [3.05, 3.63) is 48.6 Å². The van der Waals surface area contributed by atoms with Crippen LogP contribution in [0, 0.1) is 11.8 Å². The molecule has 1 aliphatic rings. The molecular formula is C19H25NO3. The van der Waals surface area contributed by atoms with Crippen LogP contribution in [0.2, 0.25) is 0 Å². The minimum Gasteiger partial charge on any atom is -0.439 e. The summed E-state index contributed by atoms with van der Waals surface area (Å²) >= 11 is 0. The van der Waals surface area contributed by atoms with Gasteiger partial charge in [-0.15, -0.1) is 6.58 Å². The Balaban J connectivity index is 2.19. The largest absolute Gasteiger partial charge is 0.439 e. The second-order valence-electron chi connectivity index (χ2n) is 6.51. The highest BCUT2D eigenvalue weighted by Crippen LogP contribution is 2.34. The lowest BCUT2D eigenvalue weighted by atomic mass is 9.92. The summed E-state index contributed by atoms with van der Waals surface area (Å²) < 4.78 is 5.47. The molecule has 0 spiro atoms. The first-order chi connectivity index (χ1) is 11.0. The van der Waals surface area contributed by atoms with Crippen LogP contribution in [-0.4, -0.2) is 22.9 Å². The minimum absolute atomic E-state index is 0.158. The number of carbonyl (C=O) groups excluding carboxylic acids is 2. The smallest absolute Gasteiger partial charge is 0.417 e. The van der Waals surface area contributed by atoms with Gasteiger partial charge < -0.3 is 4.74 Å². The highest BCUT2D eigenvalue weighted by atomic mass is 16.6. The van der Waals surface area contributed by atoms with E-state index < -0.39 is 12.2 Å². The monoisotopic (exact) mass is 315 g/mol. The molecule has 1 unspecified atom stereocenters. The van der Waals surface area contributed by atoms with Gasteiger partial charge in [0, 0.05) is 5.92 Å². The minimum atomic E-state index is -0.547. The summed E-state index contributed by atoms with van der Waals surface area (Å²) in [6.07, 6.45) is 2.09. The Morgan fingerprint density at radius 1 is 1.35 bits per heavy atom. The van der Waals surface area contributed by atoms with Gasteiger partial charge in [-0.05, 0) is 31.2 Å². The normalized spacial score (nSPS) is 22.1. The molecule has 4 nitrogen and oxygen atoms in total. The molecule has 1 heterocycles. The van der Waals surface area contributed by atoms with E-state index in [2.05, 4.69) is 20.4 Å². The Morgan fingerprint density at radius 2 is 2.00 bits per heavy atom. The van der Waals surface area contributed by atoms with Crippen molar-refractivity contribution in [1.29, 1.82) is 0 Å². The number of rotatable bonds is 6. The summed E-state index contributed by atoms with van der Waals surface area (Å²) in [5, 5.41) is 0. The van der Waals surface area contributed by atoms with Crippen LogP contribution >= 0.6 is 0 Å². The lowest BCUT2D eigenvalue weighted by molar-refractivity contribution is -0.133. The van der Waals surface area contributed by atoms with Crippen molar-refractivity contribution < 1.29 is 14.3 Å². The molecule has 23 heavy (non-hydrogen) atoms. The maximum atomic E-state index is 12.8. The third kappa shape index (κ3) is 3.81. The van der Waals surface area contributed by atoms with E-state index in [4.69, 9.17) is 4.74 Å². The topological polar surface area (TPSA) is 46.6 Å². The summed E-state index contributed by atoms with van der Waals surface area (Å²) in [6.45, 7) is 9.73. The van der Waals surface area contributed by atoms with Gasteiger partial charge in [-0.25, -0.2) is 9.69 Å². The van der Waals surface area contributed by atoms with Gasteiger partial charge >= 0.3 is 6.09 Å². The molecule has 1 aliphatic heterocycles. The number of benzene rings is 1. The number of ether oxygens (including phenoxy) is 1. The first-order valence-electron chi connectivity index (χ1n) is 8.15. The first kappa shape index (κ1) is 17.3. The van der Waals surface area contributed by atoms with Gasteiger partial charge in [0.05, 0.1) is 6.04 Å². The number of allylic oxidation sites excluding steroid dienone is 1. The predicted octanol–water partition coefficient (Wildman–Crippen LogP) is 4.33. The van der Waals surface area contributed by atoms with E-state index in [0.29, 0.717) is 12.3 Å². The van der Waals surface area contributed by atoms with E-state index in [1.54, 1.807) is 6.08 Å². The van der Waals surface area contributed by atoms with Crippen LogP contribution in [0.1, 0.15) is 45.3 Å². The molecule has 124 valence electrons. The average Bonchev–Trinajstić information content (AvgIpc) is 2.81. The molecule has 0 aliphatic carbocycles. The molecule has 0 bridgehead atoms. The Morgan fingerprint density at radius 3 is 2.57 bits per heavy atom. The van der Waals surface area contributed by atoms with Gasteiger partial charge in [-0.1, -0.05) is 50.3 Å². The summed E-state index contributed by atoms with van der Waals surface area (Å²) in [6, 6.07) is 9.24. The molecule has 1 aromatic carbocycles. The molecule has 0 aromatic heterocycles. The summed E-state index contributed by atoms with van der Waals surface area (Å²) in [5.41, 5.74) is 0.910. The third-order valence-electron chi connectivity index (χ3n) is 4.19. The third-order valence-corrected chi connectivity index (χ3v) is 4.19. The van der Waals surface area contributed by atoms with Gasteiger partial charge in [0.2, 0.25) is 5.91 Å². The van der Waals surface area contributed by atoms with Gasteiger partial charge in [0.1, 0.15) is 6.10 Å². The van der Waals surface area contributed by atoms with Crippen molar-refractivity contribution in [3.63, 3.8) is 0 Å². The molecular weight excluding hydrogens is 290 g/mol. The van der Waals surface area contributed by atoms with Crippen LogP contribution in [0.5, 0.6) is 0 Å². The van der Waals surface area contributed by atoms with E-state index in [1.165, 1.54) is 4.90 Å². The zero-order valence-electron chi connectivity index (χ0n) is 14.1. The molecule has 0 saturated carbocycles. The average molecular weight is 315 g/mol. The zero-order chi connectivity index (χ0) is 17.0. The maximum absolute atomic E-state index is 12.8. The van der Waals surface area contributed by atoms with E-state index in [1.807, 2.05) is 37.3 Å². The van der Waals surface area contributed by atoms with Crippen molar-refractivity contribution in [2.45, 2.75) is 45.8 Å².